The first-order valence-electron chi connectivity index (χ1n) is 24.2. The molecule has 13 fully saturated rings. The zero-order chi connectivity index (χ0) is 37.1. The van der Waals surface area contributed by atoms with Gasteiger partial charge in [0.15, 0.2) is 0 Å². The van der Waals surface area contributed by atoms with Gasteiger partial charge in [-0.05, 0) is 220 Å². The maximum atomic E-state index is 13.0. The lowest BCUT2D eigenvalue weighted by atomic mass is 9.64. The summed E-state index contributed by atoms with van der Waals surface area (Å²) in [7, 11) is 0. The first kappa shape index (κ1) is 36.9. The van der Waals surface area contributed by atoms with Crippen LogP contribution in [-0.2, 0) is 19.1 Å². The van der Waals surface area contributed by atoms with E-state index in [2.05, 4.69) is 23.5 Å². The second-order valence-electron chi connectivity index (χ2n) is 23.1. The van der Waals surface area contributed by atoms with Gasteiger partial charge in [-0.15, -0.1) is 0 Å². The molecule has 0 aromatic heterocycles. The normalized spacial score (nSPS) is 59.0. The molecule has 0 N–H and O–H groups in total. The summed E-state index contributed by atoms with van der Waals surface area (Å²) in [5.41, 5.74) is 0. The molecule has 13 rings (SSSR count). The monoisotopic (exact) mass is 836 g/mol. The topological polar surface area (TPSA) is 52.6 Å². The van der Waals surface area contributed by atoms with Crippen LogP contribution in [0.4, 0.5) is 0 Å². The number of rotatable bonds is 12. The molecule has 26 unspecified atom stereocenters. The van der Waals surface area contributed by atoms with Crippen molar-refractivity contribution in [3.63, 3.8) is 0 Å². The van der Waals surface area contributed by atoms with Crippen molar-refractivity contribution in [3.8, 4) is 0 Å². The van der Waals surface area contributed by atoms with Crippen molar-refractivity contribution in [1.29, 1.82) is 0 Å². The molecule has 13 saturated carbocycles. The number of carbonyl (C=O) groups is 2. The summed E-state index contributed by atoms with van der Waals surface area (Å²) in [4.78, 5) is 26.0. The molecule has 13 aliphatic rings. The van der Waals surface area contributed by atoms with Gasteiger partial charge in [0.05, 0.1) is 26.1 Å². The Balaban J connectivity index is 0.522. The molecule has 0 aromatic rings. The molecule has 8 heteroatoms. The highest BCUT2D eigenvalue weighted by atomic mass is 32.2. The molecule has 0 amide bonds. The number of thiol groups is 2. The minimum absolute atomic E-state index is 0.0411. The van der Waals surface area contributed by atoms with Gasteiger partial charge in [-0.25, -0.2) is 0 Å². The third-order valence-corrected chi connectivity index (χ3v) is 25.3. The SMILES string of the molecule is O=C(CCSC1CC2CC1C1C3CC(C4CC(S)CC43)C21)OCC1CC2C3CC(COC(=O)CCSC4CC5CC4C4C6CC(C7CC(S)CC76)C54)C(C3)C2C1. The van der Waals surface area contributed by atoms with E-state index < -0.39 is 0 Å². The largest absolute Gasteiger partial charge is 0.465 e. The van der Waals surface area contributed by atoms with E-state index in [-0.39, 0.29) is 11.9 Å². The number of hydrogen-bond acceptors (Lipinski definition) is 8. The highest BCUT2D eigenvalue weighted by Crippen LogP contribution is 2.75. The standard InChI is InChI=1S/C48H68O4S4/c49-43(1-3-55-41-11-23-9-39(41)47-37-17-35(45(23)47)31-13-26(53)15-33(31)37)51-19-21-5-28-22-7-25(29(8-22)30(28)6-21)20-52-44(50)2-4-56-42-12-24-10-40(42)48-38-18-36(46(24)48)32-14-27(54)16-34(32)38/h21-42,45-48,53-54H,1-20H2. The molecule has 13 aliphatic carbocycles. The molecule has 10 bridgehead atoms. The Morgan fingerprint density at radius 1 is 0.429 bits per heavy atom. The minimum atomic E-state index is 0.0411. The predicted molar refractivity (Wildman–Crippen MR) is 231 cm³/mol. The van der Waals surface area contributed by atoms with E-state index in [0.717, 1.165) is 134 Å². The number of carbonyl (C=O) groups excluding carboxylic acids is 2. The van der Waals surface area contributed by atoms with Crippen LogP contribution in [0, 0.1) is 130 Å². The Labute approximate surface area is 356 Å². The van der Waals surface area contributed by atoms with Crippen LogP contribution in [0.2, 0.25) is 0 Å². The van der Waals surface area contributed by atoms with E-state index in [1.807, 2.05) is 0 Å². The molecule has 4 nitrogen and oxygen atoms in total. The Morgan fingerprint density at radius 3 is 1.45 bits per heavy atom. The number of hydrogen-bond donors (Lipinski definition) is 2. The molecule has 0 aromatic carbocycles. The average Bonchev–Trinajstić information content (AvgIpc) is 3.99. The van der Waals surface area contributed by atoms with Crippen molar-refractivity contribution < 1.29 is 19.1 Å². The van der Waals surface area contributed by atoms with Gasteiger partial charge in [-0.1, -0.05) is 0 Å². The third kappa shape index (κ3) is 5.59. The number of ether oxygens (including phenoxy) is 2. The zero-order valence-electron chi connectivity index (χ0n) is 33.5. The number of fused-ring (bicyclic) bond motifs is 29. The van der Waals surface area contributed by atoms with Crippen LogP contribution >= 0.6 is 48.8 Å². The van der Waals surface area contributed by atoms with Gasteiger partial charge in [0, 0.05) is 32.5 Å². The molecular formula is C48H68O4S4. The van der Waals surface area contributed by atoms with E-state index in [1.165, 1.54) is 77.0 Å². The van der Waals surface area contributed by atoms with Gasteiger partial charge in [-0.2, -0.15) is 48.8 Å². The van der Waals surface area contributed by atoms with Crippen molar-refractivity contribution >= 4 is 60.7 Å². The summed E-state index contributed by atoms with van der Waals surface area (Å²) in [6.07, 6.45) is 20.7. The Morgan fingerprint density at radius 2 is 0.893 bits per heavy atom. The summed E-state index contributed by atoms with van der Waals surface area (Å²) in [6.45, 7) is 1.27. The Kier molecular flexibility index (Phi) is 9.18. The summed E-state index contributed by atoms with van der Waals surface area (Å²) >= 11 is 14.1. The van der Waals surface area contributed by atoms with E-state index in [1.54, 1.807) is 12.8 Å². The highest BCUT2D eigenvalue weighted by molar-refractivity contribution is 8.00. The van der Waals surface area contributed by atoms with E-state index in [4.69, 9.17) is 34.7 Å². The molecule has 0 saturated heterocycles. The van der Waals surface area contributed by atoms with Crippen LogP contribution in [-0.4, -0.2) is 57.7 Å². The lowest BCUT2D eigenvalue weighted by Gasteiger charge is -2.43. The van der Waals surface area contributed by atoms with E-state index in [9.17, 15) is 9.59 Å². The van der Waals surface area contributed by atoms with E-state index >= 15 is 0 Å². The number of thioether (sulfide) groups is 2. The fourth-order valence-corrected chi connectivity index (χ4v) is 24.6. The second-order valence-corrected chi connectivity index (χ2v) is 27.3. The molecule has 0 heterocycles. The average molecular weight is 837 g/mol. The molecule has 308 valence electrons. The van der Waals surface area contributed by atoms with Gasteiger partial charge in [0.1, 0.15) is 0 Å². The van der Waals surface area contributed by atoms with Crippen molar-refractivity contribution in [2.45, 2.75) is 124 Å². The molecule has 0 spiro atoms. The van der Waals surface area contributed by atoms with E-state index in [0.29, 0.717) is 54.3 Å². The summed E-state index contributed by atoms with van der Waals surface area (Å²) in [5, 5.41) is 2.92. The first-order chi connectivity index (χ1) is 27.3. The second kappa shape index (κ2) is 13.9. The molecule has 0 radical (unpaired) electrons. The first-order valence-corrected chi connectivity index (χ1v) is 27.4. The minimum Gasteiger partial charge on any atom is -0.465 e. The maximum Gasteiger partial charge on any atom is 0.306 e. The van der Waals surface area contributed by atoms with Crippen LogP contribution in [0.25, 0.3) is 0 Å². The van der Waals surface area contributed by atoms with Gasteiger partial charge >= 0.3 is 11.9 Å². The van der Waals surface area contributed by atoms with Crippen LogP contribution < -0.4 is 0 Å². The third-order valence-electron chi connectivity index (χ3n) is 21.6. The van der Waals surface area contributed by atoms with Crippen LogP contribution in [0.5, 0.6) is 0 Å². The highest BCUT2D eigenvalue weighted by Gasteiger charge is 2.70. The van der Waals surface area contributed by atoms with Crippen LogP contribution in [0.1, 0.15) is 103 Å². The lowest BCUT2D eigenvalue weighted by Crippen LogP contribution is -2.39. The van der Waals surface area contributed by atoms with Gasteiger partial charge in [0.25, 0.3) is 0 Å². The van der Waals surface area contributed by atoms with Crippen molar-refractivity contribution in [1.82, 2.24) is 0 Å². The molecule has 56 heavy (non-hydrogen) atoms. The maximum absolute atomic E-state index is 13.0. The van der Waals surface area contributed by atoms with Crippen LogP contribution in [0.3, 0.4) is 0 Å². The van der Waals surface area contributed by atoms with Crippen molar-refractivity contribution in [2.75, 3.05) is 24.7 Å². The fraction of sp³-hybridized carbons (Fsp3) is 0.958. The summed E-state index contributed by atoms with van der Waals surface area (Å²) < 4.78 is 12.0. The van der Waals surface area contributed by atoms with Gasteiger partial charge in [0.2, 0.25) is 0 Å². The quantitative estimate of drug-likeness (QED) is 0.116. The molecule has 0 aliphatic heterocycles. The van der Waals surface area contributed by atoms with Gasteiger partial charge < -0.3 is 9.47 Å². The summed E-state index contributed by atoms with van der Waals surface area (Å²) in [5.74, 6) is 22.1. The Bertz CT molecular complexity index is 1590. The lowest BCUT2D eigenvalue weighted by molar-refractivity contribution is -0.145. The molecular weight excluding hydrogens is 769 g/mol. The van der Waals surface area contributed by atoms with Crippen molar-refractivity contribution in [2.24, 2.45) is 130 Å². The van der Waals surface area contributed by atoms with Crippen LogP contribution in [0.15, 0.2) is 0 Å². The Hall–Kier alpha value is 0.340. The number of esters is 2. The molecule has 26 atom stereocenters. The van der Waals surface area contributed by atoms with Crippen molar-refractivity contribution in [3.05, 3.63) is 0 Å². The predicted octanol–water partition coefficient (Wildman–Crippen LogP) is 9.85. The summed E-state index contributed by atoms with van der Waals surface area (Å²) in [6, 6.07) is 0. The smallest absolute Gasteiger partial charge is 0.306 e. The zero-order valence-corrected chi connectivity index (χ0v) is 36.9. The van der Waals surface area contributed by atoms with Gasteiger partial charge in [-0.3, -0.25) is 9.59 Å². The fourth-order valence-electron chi connectivity index (χ4n) is 20.7.